The van der Waals surface area contributed by atoms with E-state index in [4.69, 9.17) is 4.74 Å². The minimum atomic E-state index is -0.147. The van der Waals surface area contributed by atoms with Crippen LogP contribution < -0.4 is 15.4 Å². The second-order valence-electron chi connectivity index (χ2n) is 5.50. The van der Waals surface area contributed by atoms with Crippen LogP contribution in [0.1, 0.15) is 46.5 Å². The Bertz CT molecular complexity index is 486. The number of hydrogen-bond donors (Lipinski definition) is 2. The lowest BCUT2D eigenvalue weighted by Crippen LogP contribution is -2.28. The third kappa shape index (κ3) is 7.17. The first-order chi connectivity index (χ1) is 11.1. The summed E-state index contributed by atoms with van der Waals surface area (Å²) >= 11 is 0. The summed E-state index contributed by atoms with van der Waals surface area (Å²) in [6.45, 7) is 6.61. The number of rotatable bonds is 10. The van der Waals surface area contributed by atoms with Gasteiger partial charge in [0, 0.05) is 18.2 Å². The Morgan fingerprint density at radius 3 is 2.39 bits per heavy atom. The summed E-state index contributed by atoms with van der Waals surface area (Å²) in [7, 11) is 0. The summed E-state index contributed by atoms with van der Waals surface area (Å²) in [5.41, 5.74) is 0.746. The van der Waals surface area contributed by atoms with Gasteiger partial charge in [0.05, 0.1) is 0 Å². The van der Waals surface area contributed by atoms with E-state index in [1.165, 1.54) is 0 Å². The molecule has 0 spiro atoms. The van der Waals surface area contributed by atoms with Crippen molar-refractivity contribution < 1.29 is 14.3 Å². The molecule has 0 aliphatic carbocycles. The summed E-state index contributed by atoms with van der Waals surface area (Å²) in [5, 5.41) is 5.61. The normalized spacial score (nSPS) is 11.6. The number of anilines is 1. The summed E-state index contributed by atoms with van der Waals surface area (Å²) < 4.78 is 5.38. The molecule has 0 heterocycles. The van der Waals surface area contributed by atoms with E-state index < -0.39 is 0 Å². The van der Waals surface area contributed by atoms with Gasteiger partial charge in [-0.25, -0.2) is 0 Å². The molecule has 0 aliphatic rings. The van der Waals surface area contributed by atoms with Crippen LogP contribution in [0.4, 0.5) is 5.69 Å². The van der Waals surface area contributed by atoms with Gasteiger partial charge < -0.3 is 15.4 Å². The molecule has 1 unspecified atom stereocenters. The largest absolute Gasteiger partial charge is 0.484 e. The topological polar surface area (TPSA) is 67.4 Å². The summed E-state index contributed by atoms with van der Waals surface area (Å²) in [4.78, 5) is 23.6. The summed E-state index contributed by atoms with van der Waals surface area (Å²) in [5.74, 6) is 0.583. The van der Waals surface area contributed by atoms with Gasteiger partial charge >= 0.3 is 0 Å². The lowest BCUT2D eigenvalue weighted by molar-refractivity contribution is -0.123. The number of carbonyl (C=O) groups excluding carboxylic acids is 2. The highest BCUT2D eigenvalue weighted by Crippen LogP contribution is 2.19. The van der Waals surface area contributed by atoms with Crippen LogP contribution in [-0.4, -0.2) is 25.0 Å². The van der Waals surface area contributed by atoms with Crippen LogP contribution in [-0.2, 0) is 9.59 Å². The van der Waals surface area contributed by atoms with E-state index in [1.807, 2.05) is 13.8 Å². The van der Waals surface area contributed by atoms with Crippen LogP contribution in [0.3, 0.4) is 0 Å². The Balaban J connectivity index is 2.49. The van der Waals surface area contributed by atoms with Crippen molar-refractivity contribution in [2.24, 2.45) is 5.92 Å². The highest BCUT2D eigenvalue weighted by atomic mass is 16.5. The van der Waals surface area contributed by atoms with Crippen LogP contribution in [0.25, 0.3) is 0 Å². The maximum Gasteiger partial charge on any atom is 0.257 e. The fraction of sp³-hybridized carbons (Fsp3) is 0.556. The fourth-order valence-corrected chi connectivity index (χ4v) is 2.25. The maximum absolute atomic E-state index is 12.2. The van der Waals surface area contributed by atoms with E-state index in [0.29, 0.717) is 12.3 Å². The van der Waals surface area contributed by atoms with E-state index in [0.717, 1.165) is 31.4 Å². The van der Waals surface area contributed by atoms with Crippen LogP contribution in [0, 0.1) is 5.92 Å². The number of hydrogen-bond acceptors (Lipinski definition) is 3. The molecule has 2 N–H and O–H groups in total. The maximum atomic E-state index is 12.2. The van der Waals surface area contributed by atoms with Crippen molar-refractivity contribution in [1.29, 1.82) is 0 Å². The number of likely N-dealkylation sites (N-methyl/N-ethyl adjacent to an activating group) is 1. The van der Waals surface area contributed by atoms with Crippen LogP contribution in [0.5, 0.6) is 5.75 Å². The smallest absolute Gasteiger partial charge is 0.257 e. The molecule has 0 fully saturated rings. The van der Waals surface area contributed by atoms with E-state index in [2.05, 4.69) is 17.6 Å². The molecule has 0 radical (unpaired) electrons. The van der Waals surface area contributed by atoms with Crippen LogP contribution in [0.15, 0.2) is 24.3 Å². The molecule has 1 atom stereocenters. The second-order valence-corrected chi connectivity index (χ2v) is 5.50. The van der Waals surface area contributed by atoms with Crippen molar-refractivity contribution in [3.05, 3.63) is 24.3 Å². The van der Waals surface area contributed by atoms with E-state index >= 15 is 0 Å². The molecule has 0 saturated heterocycles. The van der Waals surface area contributed by atoms with E-state index in [-0.39, 0.29) is 24.3 Å². The number of benzene rings is 1. The number of ether oxygens (including phenoxy) is 1. The predicted molar refractivity (Wildman–Crippen MR) is 92.6 cm³/mol. The molecular weight excluding hydrogens is 292 g/mol. The van der Waals surface area contributed by atoms with Gasteiger partial charge in [0.2, 0.25) is 5.91 Å². The molecule has 5 heteroatoms. The Morgan fingerprint density at radius 1 is 1.13 bits per heavy atom. The van der Waals surface area contributed by atoms with Crippen molar-refractivity contribution in [3.8, 4) is 5.75 Å². The zero-order chi connectivity index (χ0) is 17.1. The van der Waals surface area contributed by atoms with Gasteiger partial charge in [-0.2, -0.15) is 0 Å². The number of carbonyl (C=O) groups is 2. The molecule has 128 valence electrons. The minimum absolute atomic E-state index is 0.00548. The highest BCUT2D eigenvalue weighted by Gasteiger charge is 2.15. The van der Waals surface area contributed by atoms with Crippen LogP contribution in [0.2, 0.25) is 0 Å². The molecule has 2 amide bonds. The SMILES string of the molecule is CCCCC(CC)C(=O)Nc1ccc(OCC(=O)NCC)cc1. The van der Waals surface area contributed by atoms with Crippen molar-refractivity contribution in [2.45, 2.75) is 46.5 Å². The van der Waals surface area contributed by atoms with Gasteiger partial charge in [-0.1, -0.05) is 26.7 Å². The molecular formula is C18H28N2O3. The Labute approximate surface area is 138 Å². The molecule has 0 saturated carbocycles. The summed E-state index contributed by atoms with van der Waals surface area (Å²) in [6, 6.07) is 7.08. The molecule has 1 rings (SSSR count). The number of nitrogens with one attached hydrogen (secondary N) is 2. The molecule has 1 aromatic rings. The first kappa shape index (κ1) is 19.0. The lowest BCUT2D eigenvalue weighted by atomic mass is 9.98. The van der Waals surface area contributed by atoms with Gasteiger partial charge in [0.1, 0.15) is 5.75 Å². The van der Waals surface area contributed by atoms with Gasteiger partial charge in [-0.3, -0.25) is 9.59 Å². The molecule has 5 nitrogen and oxygen atoms in total. The van der Waals surface area contributed by atoms with E-state index in [1.54, 1.807) is 24.3 Å². The monoisotopic (exact) mass is 320 g/mol. The lowest BCUT2D eigenvalue weighted by Gasteiger charge is -2.15. The fourth-order valence-electron chi connectivity index (χ4n) is 2.25. The number of unbranched alkanes of at least 4 members (excludes halogenated alkanes) is 1. The van der Waals surface area contributed by atoms with Crippen molar-refractivity contribution in [1.82, 2.24) is 5.32 Å². The van der Waals surface area contributed by atoms with Gasteiger partial charge in [0.25, 0.3) is 5.91 Å². The first-order valence-corrected chi connectivity index (χ1v) is 8.41. The standard InChI is InChI=1S/C18H28N2O3/c1-4-7-8-14(5-2)18(22)20-15-9-11-16(12-10-15)23-13-17(21)19-6-3/h9-12,14H,4-8,13H2,1-3H3,(H,19,21)(H,20,22). The van der Waals surface area contributed by atoms with Crippen LogP contribution >= 0.6 is 0 Å². The molecule has 0 aliphatic heterocycles. The zero-order valence-electron chi connectivity index (χ0n) is 14.4. The van der Waals surface area contributed by atoms with E-state index in [9.17, 15) is 9.59 Å². The highest BCUT2D eigenvalue weighted by molar-refractivity contribution is 5.92. The van der Waals surface area contributed by atoms with Crippen molar-refractivity contribution in [2.75, 3.05) is 18.5 Å². The molecule has 1 aromatic carbocycles. The van der Waals surface area contributed by atoms with Crippen molar-refractivity contribution >= 4 is 17.5 Å². The third-order valence-electron chi connectivity index (χ3n) is 3.64. The second kappa shape index (κ2) is 10.6. The molecule has 23 heavy (non-hydrogen) atoms. The Hall–Kier alpha value is -2.04. The zero-order valence-corrected chi connectivity index (χ0v) is 14.4. The van der Waals surface area contributed by atoms with Gasteiger partial charge in [0.15, 0.2) is 6.61 Å². The van der Waals surface area contributed by atoms with Gasteiger partial charge in [-0.15, -0.1) is 0 Å². The Morgan fingerprint density at radius 2 is 1.83 bits per heavy atom. The molecule has 0 aromatic heterocycles. The average Bonchev–Trinajstić information content (AvgIpc) is 2.55. The average molecular weight is 320 g/mol. The minimum Gasteiger partial charge on any atom is -0.484 e. The van der Waals surface area contributed by atoms with Crippen molar-refractivity contribution in [3.63, 3.8) is 0 Å². The molecule has 0 bridgehead atoms. The third-order valence-corrected chi connectivity index (χ3v) is 3.64. The predicted octanol–water partition coefficient (Wildman–Crippen LogP) is 3.36. The Kier molecular flexibility index (Phi) is 8.80. The van der Waals surface area contributed by atoms with Gasteiger partial charge in [-0.05, 0) is 44.0 Å². The quantitative estimate of drug-likeness (QED) is 0.694. The summed E-state index contributed by atoms with van der Waals surface area (Å²) in [6.07, 6.45) is 3.94. The first-order valence-electron chi connectivity index (χ1n) is 8.41. The number of amides is 2.